The molecule has 172 valence electrons. The van der Waals surface area contributed by atoms with Gasteiger partial charge in [-0.3, -0.25) is 4.79 Å². The zero-order valence-corrected chi connectivity index (χ0v) is 20.8. The first kappa shape index (κ1) is 23.6. The molecule has 0 spiro atoms. The van der Waals surface area contributed by atoms with Crippen molar-refractivity contribution in [3.63, 3.8) is 0 Å². The van der Waals surface area contributed by atoms with Crippen molar-refractivity contribution in [1.29, 1.82) is 0 Å². The van der Waals surface area contributed by atoms with Gasteiger partial charge in [0.05, 0.1) is 10.2 Å². The van der Waals surface area contributed by atoms with Crippen LogP contribution in [0.3, 0.4) is 0 Å². The van der Waals surface area contributed by atoms with Gasteiger partial charge in [0.2, 0.25) is 0 Å². The monoisotopic (exact) mass is 565 g/mol. The number of benzene rings is 4. The van der Waals surface area contributed by atoms with E-state index in [1.807, 2.05) is 91.9 Å². The van der Waals surface area contributed by atoms with Crippen LogP contribution in [0.5, 0.6) is 23.0 Å². The van der Waals surface area contributed by atoms with Crippen molar-refractivity contribution >= 4 is 34.2 Å². The lowest BCUT2D eigenvalue weighted by Gasteiger charge is -2.15. The predicted molar refractivity (Wildman–Crippen MR) is 142 cm³/mol. The van der Waals surface area contributed by atoms with E-state index < -0.39 is 0 Å². The van der Waals surface area contributed by atoms with Crippen LogP contribution in [-0.4, -0.2) is 12.5 Å². The lowest BCUT2D eigenvalue weighted by molar-refractivity contribution is 0.102. The number of hydrogen-bond donors (Lipinski definition) is 1. The molecule has 4 aromatic carbocycles. The van der Waals surface area contributed by atoms with Crippen molar-refractivity contribution in [1.82, 2.24) is 0 Å². The summed E-state index contributed by atoms with van der Waals surface area (Å²) in [5, 5.41) is 2.93. The molecule has 0 aromatic heterocycles. The molecule has 34 heavy (non-hydrogen) atoms. The zero-order valence-electron chi connectivity index (χ0n) is 18.7. The number of carbonyl (C=O) groups is 1. The number of ether oxygens (including phenoxy) is 3. The zero-order chi connectivity index (χ0) is 23.8. The van der Waals surface area contributed by atoms with E-state index in [4.69, 9.17) is 14.2 Å². The molecule has 0 aliphatic heterocycles. The highest BCUT2D eigenvalue weighted by molar-refractivity contribution is 14.1. The van der Waals surface area contributed by atoms with Crippen LogP contribution in [0.15, 0.2) is 97.1 Å². The third-order valence-electron chi connectivity index (χ3n) is 4.89. The number of para-hydroxylation sites is 1. The SMILES string of the molecule is CCOc1c(I)cc(C(=O)Nc2ccc(Oc3ccccc3)cc2)cc1OCc1ccccc1. The molecule has 5 nitrogen and oxygen atoms in total. The second kappa shape index (κ2) is 11.6. The molecule has 0 atom stereocenters. The minimum absolute atomic E-state index is 0.234. The average Bonchev–Trinajstić information content (AvgIpc) is 2.86. The Morgan fingerprint density at radius 2 is 1.47 bits per heavy atom. The van der Waals surface area contributed by atoms with Gasteiger partial charge >= 0.3 is 0 Å². The Balaban J connectivity index is 1.48. The Morgan fingerprint density at radius 1 is 0.824 bits per heavy atom. The number of anilines is 1. The van der Waals surface area contributed by atoms with Crippen molar-refractivity contribution in [2.45, 2.75) is 13.5 Å². The largest absolute Gasteiger partial charge is 0.489 e. The maximum atomic E-state index is 13.0. The van der Waals surface area contributed by atoms with Crippen molar-refractivity contribution in [3.05, 3.63) is 112 Å². The summed E-state index contributed by atoms with van der Waals surface area (Å²) >= 11 is 2.17. The van der Waals surface area contributed by atoms with Crippen LogP contribution >= 0.6 is 22.6 Å². The van der Waals surface area contributed by atoms with Crippen LogP contribution in [0.25, 0.3) is 0 Å². The molecular formula is C28H24INO4. The van der Waals surface area contributed by atoms with E-state index in [-0.39, 0.29) is 5.91 Å². The van der Waals surface area contributed by atoms with Gasteiger partial charge in [0, 0.05) is 11.3 Å². The minimum Gasteiger partial charge on any atom is -0.489 e. The van der Waals surface area contributed by atoms with Gasteiger partial charge in [-0.1, -0.05) is 48.5 Å². The molecule has 0 bridgehead atoms. The maximum Gasteiger partial charge on any atom is 0.255 e. The van der Waals surface area contributed by atoms with E-state index in [1.54, 1.807) is 12.1 Å². The van der Waals surface area contributed by atoms with Gasteiger partial charge in [0.25, 0.3) is 5.91 Å². The third-order valence-corrected chi connectivity index (χ3v) is 5.69. The fourth-order valence-electron chi connectivity index (χ4n) is 3.26. The van der Waals surface area contributed by atoms with Gasteiger partial charge in [-0.05, 0) is 83.6 Å². The summed E-state index contributed by atoms with van der Waals surface area (Å²) in [6, 6.07) is 30.2. The lowest BCUT2D eigenvalue weighted by Crippen LogP contribution is -2.13. The van der Waals surface area contributed by atoms with Crippen molar-refractivity contribution in [2.24, 2.45) is 0 Å². The number of carbonyl (C=O) groups excluding carboxylic acids is 1. The molecular weight excluding hydrogens is 541 g/mol. The van der Waals surface area contributed by atoms with Crippen molar-refractivity contribution in [3.8, 4) is 23.0 Å². The average molecular weight is 565 g/mol. The highest BCUT2D eigenvalue weighted by atomic mass is 127. The molecule has 0 heterocycles. The van der Waals surface area contributed by atoms with Gasteiger partial charge in [0.1, 0.15) is 18.1 Å². The molecule has 0 fully saturated rings. The van der Waals surface area contributed by atoms with E-state index in [0.717, 1.165) is 14.9 Å². The molecule has 4 rings (SSSR count). The Kier molecular flexibility index (Phi) is 8.04. The summed E-state index contributed by atoms with van der Waals surface area (Å²) in [4.78, 5) is 13.0. The van der Waals surface area contributed by atoms with Crippen LogP contribution in [0.1, 0.15) is 22.8 Å². The maximum absolute atomic E-state index is 13.0. The smallest absolute Gasteiger partial charge is 0.255 e. The van der Waals surface area contributed by atoms with Crippen LogP contribution in [0.4, 0.5) is 5.69 Å². The van der Waals surface area contributed by atoms with Crippen molar-refractivity contribution < 1.29 is 19.0 Å². The van der Waals surface area contributed by atoms with E-state index >= 15 is 0 Å². The Labute approximate surface area is 212 Å². The second-order valence-electron chi connectivity index (χ2n) is 7.39. The normalized spacial score (nSPS) is 10.4. The molecule has 0 saturated heterocycles. The Bertz CT molecular complexity index is 1230. The predicted octanol–water partition coefficient (Wildman–Crippen LogP) is 7.31. The summed E-state index contributed by atoms with van der Waals surface area (Å²) < 4.78 is 18.5. The highest BCUT2D eigenvalue weighted by Crippen LogP contribution is 2.35. The van der Waals surface area contributed by atoms with E-state index in [1.165, 1.54) is 0 Å². The number of hydrogen-bond acceptors (Lipinski definition) is 4. The summed E-state index contributed by atoms with van der Waals surface area (Å²) in [7, 11) is 0. The molecule has 1 amide bonds. The van der Waals surface area contributed by atoms with Gasteiger partial charge in [-0.2, -0.15) is 0 Å². The van der Waals surface area contributed by atoms with Crippen LogP contribution in [0, 0.1) is 3.57 Å². The molecule has 0 aliphatic carbocycles. The molecule has 1 N–H and O–H groups in total. The first-order valence-electron chi connectivity index (χ1n) is 10.9. The summed E-state index contributed by atoms with van der Waals surface area (Å²) in [5.41, 5.74) is 2.19. The van der Waals surface area contributed by atoms with Gasteiger partial charge in [-0.25, -0.2) is 0 Å². The standard InChI is InChI=1S/C28H24INO4/c1-2-32-27-25(29)17-21(18-26(27)33-19-20-9-5-3-6-10-20)28(31)30-22-13-15-24(16-14-22)34-23-11-7-4-8-12-23/h3-18H,2,19H2,1H3,(H,30,31). The van der Waals surface area contributed by atoms with Crippen molar-refractivity contribution in [2.75, 3.05) is 11.9 Å². The summed E-state index contributed by atoms with van der Waals surface area (Å²) in [6.07, 6.45) is 0. The molecule has 0 radical (unpaired) electrons. The first-order chi connectivity index (χ1) is 16.6. The Hall–Kier alpha value is -3.52. The first-order valence-corrected chi connectivity index (χ1v) is 12.0. The molecule has 0 unspecified atom stereocenters. The van der Waals surface area contributed by atoms with E-state index in [9.17, 15) is 4.79 Å². The fraction of sp³-hybridized carbons (Fsp3) is 0.107. The molecule has 0 saturated carbocycles. The number of amides is 1. The number of nitrogens with one attached hydrogen (secondary N) is 1. The highest BCUT2D eigenvalue weighted by Gasteiger charge is 2.16. The topological polar surface area (TPSA) is 56.8 Å². The second-order valence-corrected chi connectivity index (χ2v) is 8.55. The third kappa shape index (κ3) is 6.29. The Morgan fingerprint density at radius 3 is 2.15 bits per heavy atom. The van der Waals surface area contributed by atoms with E-state index in [2.05, 4.69) is 27.9 Å². The van der Waals surface area contributed by atoms with E-state index in [0.29, 0.717) is 41.7 Å². The molecule has 6 heteroatoms. The van der Waals surface area contributed by atoms with Crippen LogP contribution < -0.4 is 19.5 Å². The van der Waals surface area contributed by atoms with Gasteiger partial charge in [-0.15, -0.1) is 0 Å². The fourth-order valence-corrected chi connectivity index (χ4v) is 4.02. The quantitative estimate of drug-likeness (QED) is 0.216. The van der Waals surface area contributed by atoms with Gasteiger partial charge in [0.15, 0.2) is 11.5 Å². The molecule has 0 aliphatic rings. The summed E-state index contributed by atoms with van der Waals surface area (Å²) in [6.45, 7) is 2.80. The van der Waals surface area contributed by atoms with Crippen LogP contribution in [-0.2, 0) is 6.61 Å². The lowest BCUT2D eigenvalue weighted by atomic mass is 10.1. The number of rotatable bonds is 9. The minimum atomic E-state index is -0.234. The number of halogens is 1. The summed E-state index contributed by atoms with van der Waals surface area (Å²) in [5.74, 6) is 2.39. The van der Waals surface area contributed by atoms with Gasteiger partial charge < -0.3 is 19.5 Å². The molecule has 4 aromatic rings. The van der Waals surface area contributed by atoms with Crippen LogP contribution in [0.2, 0.25) is 0 Å².